The molecule has 0 aromatic heterocycles. The third kappa shape index (κ3) is 4.63. The Hall–Kier alpha value is -2.75. The van der Waals surface area contributed by atoms with E-state index in [0.29, 0.717) is 42.6 Å². The van der Waals surface area contributed by atoms with Crippen LogP contribution in [0.3, 0.4) is 0 Å². The first-order chi connectivity index (χ1) is 12.1. The molecular formula is C18H23N3O4. The summed E-state index contributed by atoms with van der Waals surface area (Å²) in [5.74, 6) is 0.942. The molecule has 1 aliphatic rings. The van der Waals surface area contributed by atoms with E-state index < -0.39 is 0 Å². The number of amides is 2. The first-order valence-electron chi connectivity index (χ1n) is 8.24. The van der Waals surface area contributed by atoms with Crippen LogP contribution in [0.25, 0.3) is 0 Å². The monoisotopic (exact) mass is 345 g/mol. The number of ether oxygens (including phenoxy) is 2. The summed E-state index contributed by atoms with van der Waals surface area (Å²) in [7, 11) is 3.06. The summed E-state index contributed by atoms with van der Waals surface area (Å²) in [5, 5.41) is 11.2. The number of methoxy groups -OCH3 is 2. The highest BCUT2D eigenvalue weighted by atomic mass is 16.5. The molecule has 2 amide bonds. The first kappa shape index (κ1) is 18.6. The molecule has 7 heteroatoms. The van der Waals surface area contributed by atoms with Crippen LogP contribution in [0.2, 0.25) is 0 Å². The number of hydrogen-bond donors (Lipinski definition) is 1. The fourth-order valence-electron chi connectivity index (χ4n) is 2.95. The summed E-state index contributed by atoms with van der Waals surface area (Å²) in [6.07, 6.45) is 1.48. The highest BCUT2D eigenvalue weighted by Gasteiger charge is 2.27. The van der Waals surface area contributed by atoms with Gasteiger partial charge in [0.2, 0.25) is 5.91 Å². The second kappa shape index (κ2) is 8.92. The van der Waals surface area contributed by atoms with Crippen molar-refractivity contribution in [2.45, 2.75) is 19.3 Å². The highest BCUT2D eigenvalue weighted by Crippen LogP contribution is 2.30. The maximum Gasteiger partial charge on any atom is 0.261 e. The lowest BCUT2D eigenvalue weighted by Crippen LogP contribution is -2.41. The van der Waals surface area contributed by atoms with Gasteiger partial charge in [-0.15, -0.1) is 0 Å². The quantitative estimate of drug-likeness (QED) is 0.845. The molecule has 1 N–H and O–H groups in total. The molecule has 25 heavy (non-hydrogen) atoms. The van der Waals surface area contributed by atoms with Gasteiger partial charge < -0.3 is 19.7 Å². The Bertz CT molecular complexity index is 639. The average Bonchev–Trinajstić information content (AvgIpc) is 2.65. The van der Waals surface area contributed by atoms with Crippen molar-refractivity contribution in [1.82, 2.24) is 10.2 Å². The Kier molecular flexibility index (Phi) is 6.63. The molecule has 0 saturated carbocycles. The SMILES string of the molecule is COc1cccc(OC)c1C(=O)N1CCC(CNC(=O)CC#N)CC1. The molecule has 1 aromatic carbocycles. The number of benzene rings is 1. The smallest absolute Gasteiger partial charge is 0.261 e. The summed E-state index contributed by atoms with van der Waals surface area (Å²) in [4.78, 5) is 26.0. The molecule has 0 bridgehead atoms. The number of likely N-dealkylation sites (tertiary alicyclic amines) is 1. The topological polar surface area (TPSA) is 91.7 Å². The van der Waals surface area contributed by atoms with Crippen molar-refractivity contribution in [1.29, 1.82) is 5.26 Å². The van der Waals surface area contributed by atoms with E-state index in [0.717, 1.165) is 12.8 Å². The summed E-state index contributed by atoms with van der Waals surface area (Å²) >= 11 is 0. The number of piperidine rings is 1. The van der Waals surface area contributed by atoms with Crippen molar-refractivity contribution in [3.05, 3.63) is 23.8 Å². The van der Waals surface area contributed by atoms with Crippen LogP contribution in [0.5, 0.6) is 11.5 Å². The molecule has 1 fully saturated rings. The van der Waals surface area contributed by atoms with Gasteiger partial charge in [0.15, 0.2) is 0 Å². The Labute approximate surface area is 147 Å². The van der Waals surface area contributed by atoms with Crippen molar-refractivity contribution in [3.8, 4) is 17.6 Å². The van der Waals surface area contributed by atoms with Crippen molar-refractivity contribution in [2.24, 2.45) is 5.92 Å². The van der Waals surface area contributed by atoms with E-state index >= 15 is 0 Å². The molecule has 0 atom stereocenters. The van der Waals surface area contributed by atoms with Crippen molar-refractivity contribution in [3.63, 3.8) is 0 Å². The Morgan fingerprint density at radius 1 is 1.24 bits per heavy atom. The van der Waals surface area contributed by atoms with Crippen LogP contribution >= 0.6 is 0 Å². The molecule has 1 aliphatic heterocycles. The van der Waals surface area contributed by atoms with Crippen LogP contribution in [-0.2, 0) is 4.79 Å². The maximum atomic E-state index is 12.9. The largest absolute Gasteiger partial charge is 0.496 e. The second-order valence-corrected chi connectivity index (χ2v) is 5.91. The molecule has 1 saturated heterocycles. The summed E-state index contributed by atoms with van der Waals surface area (Å²) < 4.78 is 10.6. The number of nitrogens with zero attached hydrogens (tertiary/aromatic N) is 2. The van der Waals surface area contributed by atoms with Crippen LogP contribution in [0.15, 0.2) is 18.2 Å². The van der Waals surface area contributed by atoms with E-state index in [4.69, 9.17) is 14.7 Å². The lowest BCUT2D eigenvalue weighted by atomic mass is 9.96. The van der Waals surface area contributed by atoms with E-state index in [9.17, 15) is 9.59 Å². The van der Waals surface area contributed by atoms with Crippen LogP contribution < -0.4 is 14.8 Å². The van der Waals surface area contributed by atoms with Crippen LogP contribution in [-0.4, -0.2) is 50.6 Å². The highest BCUT2D eigenvalue weighted by molar-refractivity contribution is 5.99. The molecule has 2 rings (SSSR count). The Morgan fingerprint density at radius 2 is 1.84 bits per heavy atom. The molecule has 0 aliphatic carbocycles. The van der Waals surface area contributed by atoms with Crippen LogP contribution in [0.4, 0.5) is 0 Å². The number of carbonyl (C=O) groups is 2. The lowest BCUT2D eigenvalue weighted by Gasteiger charge is -2.32. The maximum absolute atomic E-state index is 12.9. The van der Waals surface area contributed by atoms with E-state index in [-0.39, 0.29) is 18.2 Å². The molecular weight excluding hydrogens is 322 g/mol. The van der Waals surface area contributed by atoms with Gasteiger partial charge in [-0.2, -0.15) is 5.26 Å². The zero-order valence-electron chi connectivity index (χ0n) is 14.6. The van der Waals surface area contributed by atoms with E-state index in [1.54, 1.807) is 23.1 Å². The minimum Gasteiger partial charge on any atom is -0.496 e. The first-order valence-corrected chi connectivity index (χ1v) is 8.24. The van der Waals surface area contributed by atoms with Crippen LogP contribution in [0.1, 0.15) is 29.6 Å². The summed E-state index contributed by atoms with van der Waals surface area (Å²) in [5.41, 5.74) is 0.438. The van der Waals surface area contributed by atoms with Gasteiger partial charge in [-0.05, 0) is 30.9 Å². The molecule has 134 valence electrons. The molecule has 1 aromatic rings. The number of carbonyl (C=O) groups excluding carboxylic acids is 2. The molecule has 1 heterocycles. The zero-order chi connectivity index (χ0) is 18.2. The zero-order valence-corrected chi connectivity index (χ0v) is 14.6. The van der Waals surface area contributed by atoms with E-state index in [1.807, 2.05) is 6.07 Å². The molecule has 0 radical (unpaired) electrons. The number of nitrogens with one attached hydrogen (secondary N) is 1. The predicted molar refractivity (Wildman–Crippen MR) is 91.4 cm³/mol. The number of nitriles is 1. The summed E-state index contributed by atoms with van der Waals surface area (Å²) in [6.45, 7) is 1.76. The number of rotatable bonds is 6. The standard InChI is InChI=1S/C18H23N3O4/c1-24-14-4-3-5-15(25-2)17(14)18(23)21-10-7-13(8-11-21)12-20-16(22)6-9-19/h3-5,13H,6-8,10-12H2,1-2H3,(H,20,22). The van der Waals surface area contributed by atoms with Crippen molar-refractivity contribution in [2.75, 3.05) is 33.9 Å². The van der Waals surface area contributed by atoms with Gasteiger partial charge in [-0.25, -0.2) is 0 Å². The van der Waals surface area contributed by atoms with Crippen molar-refractivity contribution < 1.29 is 19.1 Å². The Balaban J connectivity index is 1.96. The van der Waals surface area contributed by atoms with Crippen LogP contribution in [0, 0.1) is 17.2 Å². The van der Waals surface area contributed by atoms with Gasteiger partial charge in [0.05, 0.1) is 20.3 Å². The summed E-state index contributed by atoms with van der Waals surface area (Å²) in [6, 6.07) is 7.10. The number of hydrogen-bond acceptors (Lipinski definition) is 5. The van der Waals surface area contributed by atoms with Gasteiger partial charge in [0, 0.05) is 19.6 Å². The third-order valence-corrected chi connectivity index (χ3v) is 4.37. The fraction of sp³-hybridized carbons (Fsp3) is 0.500. The van der Waals surface area contributed by atoms with Gasteiger partial charge >= 0.3 is 0 Å². The molecule has 0 spiro atoms. The lowest BCUT2D eigenvalue weighted by molar-refractivity contribution is -0.120. The van der Waals surface area contributed by atoms with Gasteiger partial charge in [0.1, 0.15) is 23.5 Å². The molecule has 0 unspecified atom stereocenters. The third-order valence-electron chi connectivity index (χ3n) is 4.37. The average molecular weight is 345 g/mol. The van der Waals surface area contributed by atoms with E-state index in [1.165, 1.54) is 14.2 Å². The van der Waals surface area contributed by atoms with Gasteiger partial charge in [0.25, 0.3) is 5.91 Å². The van der Waals surface area contributed by atoms with Gasteiger partial charge in [-0.3, -0.25) is 9.59 Å². The molecule has 7 nitrogen and oxygen atoms in total. The van der Waals surface area contributed by atoms with E-state index in [2.05, 4.69) is 5.32 Å². The Morgan fingerprint density at radius 3 is 2.36 bits per heavy atom. The predicted octanol–water partition coefficient (Wildman–Crippen LogP) is 1.59. The second-order valence-electron chi connectivity index (χ2n) is 5.91. The fourth-order valence-corrected chi connectivity index (χ4v) is 2.95. The minimum absolute atomic E-state index is 0.110. The van der Waals surface area contributed by atoms with Crippen molar-refractivity contribution >= 4 is 11.8 Å². The normalized spacial score (nSPS) is 14.5. The van der Waals surface area contributed by atoms with Gasteiger partial charge in [-0.1, -0.05) is 6.07 Å². The minimum atomic E-state index is -0.250.